The van der Waals surface area contributed by atoms with Crippen molar-refractivity contribution < 1.29 is 38.4 Å². The second-order valence-corrected chi connectivity index (χ2v) is 7.76. The zero-order valence-electron chi connectivity index (χ0n) is 20.0. The molecule has 0 bridgehead atoms. The Bertz CT molecular complexity index is 1140. The average molecular weight is 481 g/mol. The second kappa shape index (κ2) is 12.5. The molecule has 2 aromatic rings. The maximum atomic E-state index is 12.1. The van der Waals surface area contributed by atoms with Crippen molar-refractivity contribution in [2.45, 2.75) is 27.1 Å². The topological polar surface area (TPSA) is 108 Å². The van der Waals surface area contributed by atoms with Crippen LogP contribution >= 0.6 is 0 Å². The van der Waals surface area contributed by atoms with Gasteiger partial charge >= 0.3 is 17.9 Å². The molecule has 35 heavy (non-hydrogen) atoms. The number of rotatable bonds is 11. The van der Waals surface area contributed by atoms with E-state index >= 15 is 0 Å². The van der Waals surface area contributed by atoms with E-state index in [4.69, 9.17) is 18.9 Å². The minimum atomic E-state index is -1.22. The minimum absolute atomic E-state index is 0.00372. The van der Waals surface area contributed by atoms with Crippen LogP contribution in [0.4, 0.5) is 0 Å². The number of benzene rings is 2. The summed E-state index contributed by atoms with van der Waals surface area (Å²) in [7, 11) is 0. The molecule has 1 unspecified atom stereocenters. The Balaban J connectivity index is 2.16. The lowest BCUT2D eigenvalue weighted by Crippen LogP contribution is -2.13. The third-order valence-electron chi connectivity index (χ3n) is 4.52. The minimum Gasteiger partial charge on any atom is -0.460 e. The quantitative estimate of drug-likeness (QED) is 0.165. The van der Waals surface area contributed by atoms with E-state index in [1.165, 1.54) is 26.8 Å². The lowest BCUT2D eigenvalue weighted by atomic mass is 10.0. The predicted octanol–water partition coefficient (Wildman–Crippen LogP) is 4.44. The van der Waals surface area contributed by atoms with Crippen molar-refractivity contribution in [2.24, 2.45) is 0 Å². The fourth-order valence-electron chi connectivity index (χ4n) is 2.58. The van der Waals surface area contributed by atoms with Gasteiger partial charge in [-0.05, 0) is 44.0 Å². The Morgan fingerprint density at radius 3 is 1.80 bits per heavy atom. The average Bonchev–Trinajstić information content (AvgIpc) is 2.82. The van der Waals surface area contributed by atoms with Crippen molar-refractivity contribution in [1.82, 2.24) is 0 Å². The summed E-state index contributed by atoms with van der Waals surface area (Å²) in [5.74, 6) is -1.75. The van der Waals surface area contributed by atoms with Crippen molar-refractivity contribution in [3.63, 3.8) is 0 Å². The van der Waals surface area contributed by atoms with E-state index in [9.17, 15) is 19.5 Å². The molecular weight excluding hydrogens is 452 g/mol. The molecule has 0 fully saturated rings. The Hall–Kier alpha value is -4.01. The summed E-state index contributed by atoms with van der Waals surface area (Å²) in [5, 5.41) is 10.2. The van der Waals surface area contributed by atoms with Gasteiger partial charge < -0.3 is 24.1 Å². The Kier molecular flexibility index (Phi) is 9.69. The van der Waals surface area contributed by atoms with Crippen LogP contribution < -0.4 is 9.47 Å². The van der Waals surface area contributed by atoms with E-state index in [0.717, 1.165) is 5.56 Å². The van der Waals surface area contributed by atoms with E-state index in [0.29, 0.717) is 11.1 Å². The number of hydrogen-bond acceptors (Lipinski definition) is 8. The normalized spacial score (nSPS) is 11.2. The van der Waals surface area contributed by atoms with Gasteiger partial charge in [0.1, 0.15) is 6.61 Å². The van der Waals surface area contributed by atoms with Gasteiger partial charge in [-0.2, -0.15) is 0 Å². The molecule has 1 atom stereocenters. The van der Waals surface area contributed by atoms with Crippen molar-refractivity contribution in [2.75, 3.05) is 13.2 Å². The molecule has 0 saturated heterocycles. The maximum absolute atomic E-state index is 12.1. The second-order valence-electron chi connectivity index (χ2n) is 7.76. The summed E-state index contributed by atoms with van der Waals surface area (Å²) in [6, 6.07) is 11.6. The van der Waals surface area contributed by atoms with Gasteiger partial charge in [0.25, 0.3) is 0 Å². The fourth-order valence-corrected chi connectivity index (χ4v) is 2.58. The summed E-state index contributed by atoms with van der Waals surface area (Å²) in [5.41, 5.74) is 2.54. The summed E-state index contributed by atoms with van der Waals surface area (Å²) in [6.07, 6.45) is -1.22. The van der Waals surface area contributed by atoms with E-state index in [1.54, 1.807) is 36.4 Å². The van der Waals surface area contributed by atoms with Crippen LogP contribution in [0.15, 0.2) is 78.9 Å². The van der Waals surface area contributed by atoms with Gasteiger partial charge in [0.15, 0.2) is 17.8 Å². The van der Waals surface area contributed by atoms with Gasteiger partial charge in [0.2, 0.25) is 0 Å². The molecule has 0 aromatic heterocycles. The Morgan fingerprint density at radius 1 is 0.743 bits per heavy atom. The highest BCUT2D eigenvalue weighted by molar-refractivity contribution is 5.91. The van der Waals surface area contributed by atoms with Crippen molar-refractivity contribution in [3.8, 4) is 22.6 Å². The highest BCUT2D eigenvalue weighted by Crippen LogP contribution is 2.34. The first-order valence-electron chi connectivity index (χ1n) is 10.6. The molecule has 184 valence electrons. The summed E-state index contributed by atoms with van der Waals surface area (Å²) < 4.78 is 20.8. The van der Waals surface area contributed by atoms with Crippen molar-refractivity contribution >= 4 is 17.9 Å². The van der Waals surface area contributed by atoms with Crippen molar-refractivity contribution in [3.05, 3.63) is 84.5 Å². The summed E-state index contributed by atoms with van der Waals surface area (Å²) in [6.45, 7) is 15.1. The number of esters is 3. The first-order chi connectivity index (χ1) is 16.5. The zero-order chi connectivity index (χ0) is 26.1. The van der Waals surface area contributed by atoms with Gasteiger partial charge in [-0.25, -0.2) is 14.4 Å². The molecule has 2 rings (SSSR count). The standard InChI is InChI=1S/C27H28O8/c1-16(2)24(28)32-13-14-33-27(31)20-9-7-19(8-10-20)21-11-12-22(34-25(29)17(3)4)23(15-21)35-26(30)18(5)6/h7-12,15,27,31H,1,3,5,13-14H2,2,4,6H3. The van der Waals surface area contributed by atoms with Gasteiger partial charge in [-0.15, -0.1) is 0 Å². The van der Waals surface area contributed by atoms with E-state index in [-0.39, 0.29) is 41.4 Å². The molecule has 0 amide bonds. The van der Waals surface area contributed by atoms with Crippen LogP contribution in [0, 0.1) is 0 Å². The van der Waals surface area contributed by atoms with Gasteiger partial charge in [-0.1, -0.05) is 50.1 Å². The number of carbonyl (C=O) groups excluding carboxylic acids is 3. The summed E-state index contributed by atoms with van der Waals surface area (Å²) in [4.78, 5) is 35.4. The Morgan fingerprint density at radius 2 is 1.26 bits per heavy atom. The molecule has 8 nitrogen and oxygen atoms in total. The number of aliphatic hydroxyl groups is 1. The van der Waals surface area contributed by atoms with Crippen LogP contribution in [-0.4, -0.2) is 36.2 Å². The lowest BCUT2D eigenvalue weighted by Gasteiger charge is -2.14. The third kappa shape index (κ3) is 8.06. The molecule has 0 saturated carbocycles. The highest BCUT2D eigenvalue weighted by atomic mass is 16.6. The van der Waals surface area contributed by atoms with Gasteiger partial charge in [0, 0.05) is 22.3 Å². The highest BCUT2D eigenvalue weighted by Gasteiger charge is 2.17. The van der Waals surface area contributed by atoms with E-state index in [1.807, 2.05) is 0 Å². The van der Waals surface area contributed by atoms with E-state index in [2.05, 4.69) is 19.7 Å². The number of ether oxygens (including phenoxy) is 4. The lowest BCUT2D eigenvalue weighted by molar-refractivity contribution is -0.147. The molecule has 1 N–H and O–H groups in total. The van der Waals surface area contributed by atoms with Crippen molar-refractivity contribution in [1.29, 1.82) is 0 Å². The molecule has 0 aliphatic carbocycles. The predicted molar refractivity (Wildman–Crippen MR) is 129 cm³/mol. The largest absolute Gasteiger partial charge is 0.460 e. The van der Waals surface area contributed by atoms with E-state index < -0.39 is 24.2 Å². The van der Waals surface area contributed by atoms with Crippen LogP contribution in [0.5, 0.6) is 11.5 Å². The zero-order valence-corrected chi connectivity index (χ0v) is 20.0. The first-order valence-corrected chi connectivity index (χ1v) is 10.6. The molecule has 0 heterocycles. The molecule has 0 aliphatic heterocycles. The fraction of sp³-hybridized carbons (Fsp3) is 0.222. The SMILES string of the molecule is C=C(C)C(=O)OCCOC(O)c1ccc(-c2ccc(OC(=O)C(=C)C)c(OC(=O)C(=C)C)c2)cc1. The van der Waals surface area contributed by atoms with Crippen LogP contribution in [0.3, 0.4) is 0 Å². The monoisotopic (exact) mass is 480 g/mol. The van der Waals surface area contributed by atoms with Crippen LogP contribution in [0.25, 0.3) is 11.1 Å². The van der Waals surface area contributed by atoms with Crippen LogP contribution in [0.1, 0.15) is 32.6 Å². The van der Waals surface area contributed by atoms with Gasteiger partial charge in [0.05, 0.1) is 6.61 Å². The van der Waals surface area contributed by atoms with Crippen LogP contribution in [0.2, 0.25) is 0 Å². The third-order valence-corrected chi connectivity index (χ3v) is 4.52. The number of aliphatic hydroxyl groups excluding tert-OH is 1. The molecule has 2 aromatic carbocycles. The Labute approximate surface area is 204 Å². The maximum Gasteiger partial charge on any atom is 0.338 e. The molecule has 0 spiro atoms. The number of carbonyl (C=O) groups is 3. The summed E-state index contributed by atoms with van der Waals surface area (Å²) >= 11 is 0. The molecular formula is C27H28O8. The van der Waals surface area contributed by atoms with Crippen LogP contribution in [-0.2, 0) is 23.9 Å². The number of hydrogen-bond donors (Lipinski definition) is 1. The van der Waals surface area contributed by atoms with Gasteiger partial charge in [-0.3, -0.25) is 0 Å². The molecule has 0 radical (unpaired) electrons. The smallest absolute Gasteiger partial charge is 0.338 e. The first kappa shape index (κ1) is 27.2. The molecule has 0 aliphatic rings. The molecule has 8 heteroatoms.